The molecule has 4 nitrogen and oxygen atoms in total. The molecule has 0 spiro atoms. The van der Waals surface area contributed by atoms with E-state index in [4.69, 9.17) is 10.8 Å². The summed E-state index contributed by atoms with van der Waals surface area (Å²) in [5.74, 6) is 1.18. The number of aliphatic hydroxyl groups excluding tert-OH is 1. The summed E-state index contributed by atoms with van der Waals surface area (Å²) in [6, 6.07) is 0.268. The molecule has 1 aliphatic rings. The number of carbonyl (C=O) groups excluding carboxylic acids is 1. The molecular weight excluding hydrogens is 272 g/mol. The van der Waals surface area contributed by atoms with Gasteiger partial charge in [-0.2, -0.15) is 11.8 Å². The standard InChI is InChI=1S/C15H30N2O2S/c1-11(2)17-15(14(16)19)8-4-5-13(15)7-10-20-12(3)6-9-18/h11-13,17-18H,4-10H2,1-3H3,(H2,16,19). The summed E-state index contributed by atoms with van der Waals surface area (Å²) in [6.07, 6.45) is 4.87. The van der Waals surface area contributed by atoms with Crippen LogP contribution < -0.4 is 11.1 Å². The lowest BCUT2D eigenvalue weighted by Gasteiger charge is -2.35. The predicted octanol–water partition coefficient (Wildman–Crippen LogP) is 1.90. The molecule has 4 N–H and O–H groups in total. The minimum absolute atomic E-state index is 0.192. The van der Waals surface area contributed by atoms with Gasteiger partial charge in [0.15, 0.2) is 0 Å². The Morgan fingerprint density at radius 2 is 2.20 bits per heavy atom. The highest BCUT2D eigenvalue weighted by atomic mass is 32.2. The van der Waals surface area contributed by atoms with Gasteiger partial charge in [0, 0.05) is 17.9 Å². The van der Waals surface area contributed by atoms with Crippen LogP contribution in [0.15, 0.2) is 0 Å². The summed E-state index contributed by atoms with van der Waals surface area (Å²) in [6.45, 7) is 6.53. The normalized spacial score (nSPS) is 27.9. The van der Waals surface area contributed by atoms with Crippen LogP contribution in [0, 0.1) is 5.92 Å². The molecule has 0 heterocycles. The lowest BCUT2D eigenvalue weighted by atomic mass is 9.83. The van der Waals surface area contributed by atoms with Crippen molar-refractivity contribution in [3.63, 3.8) is 0 Å². The Kier molecular flexibility index (Phi) is 7.34. The van der Waals surface area contributed by atoms with E-state index in [-0.39, 0.29) is 18.6 Å². The molecular formula is C15H30N2O2S. The smallest absolute Gasteiger partial charge is 0.238 e. The molecule has 1 aliphatic carbocycles. The molecule has 1 saturated carbocycles. The van der Waals surface area contributed by atoms with Crippen molar-refractivity contribution in [1.29, 1.82) is 0 Å². The van der Waals surface area contributed by atoms with Crippen LogP contribution in [-0.4, -0.2) is 40.2 Å². The molecule has 3 unspecified atom stereocenters. The molecule has 0 aromatic carbocycles. The van der Waals surface area contributed by atoms with Gasteiger partial charge in [-0.1, -0.05) is 13.3 Å². The summed E-state index contributed by atoms with van der Waals surface area (Å²) in [7, 11) is 0. The molecule has 3 atom stereocenters. The summed E-state index contributed by atoms with van der Waals surface area (Å²) >= 11 is 1.88. The first kappa shape index (κ1) is 17.8. The number of rotatable bonds is 9. The lowest BCUT2D eigenvalue weighted by Crippen LogP contribution is -2.60. The molecule has 0 aliphatic heterocycles. The van der Waals surface area contributed by atoms with Crippen LogP contribution >= 0.6 is 11.8 Å². The Hall–Kier alpha value is -0.260. The van der Waals surface area contributed by atoms with E-state index in [9.17, 15) is 4.79 Å². The van der Waals surface area contributed by atoms with Crippen molar-refractivity contribution in [2.75, 3.05) is 12.4 Å². The number of hydrogen-bond acceptors (Lipinski definition) is 4. The van der Waals surface area contributed by atoms with Crippen molar-refractivity contribution < 1.29 is 9.90 Å². The van der Waals surface area contributed by atoms with E-state index in [1.54, 1.807) is 0 Å². The second kappa shape index (κ2) is 8.25. The summed E-state index contributed by atoms with van der Waals surface area (Å²) < 4.78 is 0. The van der Waals surface area contributed by atoms with Crippen molar-refractivity contribution in [3.05, 3.63) is 0 Å². The van der Waals surface area contributed by atoms with Crippen molar-refractivity contribution in [2.24, 2.45) is 11.7 Å². The van der Waals surface area contributed by atoms with Crippen LogP contribution in [0.1, 0.15) is 52.9 Å². The zero-order valence-corrected chi connectivity index (χ0v) is 13.8. The molecule has 0 bridgehead atoms. The Bertz CT molecular complexity index is 312. The maximum atomic E-state index is 12.0. The van der Waals surface area contributed by atoms with Crippen molar-refractivity contribution in [1.82, 2.24) is 5.32 Å². The van der Waals surface area contributed by atoms with Crippen LogP contribution in [0.2, 0.25) is 0 Å². The van der Waals surface area contributed by atoms with Gasteiger partial charge in [0.25, 0.3) is 0 Å². The number of nitrogens with two attached hydrogens (primary N) is 1. The Morgan fingerprint density at radius 1 is 1.50 bits per heavy atom. The Labute approximate surface area is 127 Å². The fourth-order valence-corrected chi connectivity index (χ4v) is 4.34. The third-order valence-corrected chi connectivity index (χ3v) is 5.49. The molecule has 1 amide bonds. The van der Waals surface area contributed by atoms with E-state index >= 15 is 0 Å². The quantitative estimate of drug-likeness (QED) is 0.608. The Morgan fingerprint density at radius 3 is 2.75 bits per heavy atom. The number of thioether (sulfide) groups is 1. The van der Waals surface area contributed by atoms with Crippen LogP contribution in [0.25, 0.3) is 0 Å². The van der Waals surface area contributed by atoms with Gasteiger partial charge < -0.3 is 16.2 Å². The maximum Gasteiger partial charge on any atom is 0.238 e. The Balaban J connectivity index is 2.55. The topological polar surface area (TPSA) is 75.3 Å². The van der Waals surface area contributed by atoms with Crippen molar-refractivity contribution >= 4 is 17.7 Å². The molecule has 118 valence electrons. The van der Waals surface area contributed by atoms with Gasteiger partial charge in [-0.15, -0.1) is 0 Å². The van der Waals surface area contributed by atoms with Crippen LogP contribution in [0.3, 0.4) is 0 Å². The number of carbonyl (C=O) groups is 1. The third kappa shape index (κ3) is 4.64. The van der Waals surface area contributed by atoms with Crippen molar-refractivity contribution in [3.8, 4) is 0 Å². The summed E-state index contributed by atoms with van der Waals surface area (Å²) in [5, 5.41) is 12.8. The van der Waals surface area contributed by atoms with Crippen molar-refractivity contribution in [2.45, 2.75) is 69.7 Å². The fraction of sp³-hybridized carbons (Fsp3) is 0.933. The molecule has 5 heteroatoms. The molecule has 1 fully saturated rings. The molecule has 0 saturated heterocycles. The van der Waals surface area contributed by atoms with Gasteiger partial charge in [-0.05, 0) is 51.2 Å². The number of primary amides is 1. The highest BCUT2D eigenvalue weighted by Crippen LogP contribution is 2.39. The van der Waals surface area contributed by atoms with Crippen LogP contribution in [0.5, 0.6) is 0 Å². The van der Waals surface area contributed by atoms with Gasteiger partial charge in [0.05, 0.1) is 0 Å². The first-order valence-electron chi connectivity index (χ1n) is 7.72. The number of hydrogen-bond donors (Lipinski definition) is 3. The van der Waals surface area contributed by atoms with Gasteiger partial charge >= 0.3 is 0 Å². The minimum Gasteiger partial charge on any atom is -0.396 e. The van der Waals surface area contributed by atoms with Gasteiger partial charge in [0.2, 0.25) is 5.91 Å². The average molecular weight is 302 g/mol. The number of nitrogens with one attached hydrogen (secondary N) is 1. The largest absolute Gasteiger partial charge is 0.396 e. The van der Waals surface area contributed by atoms with Crippen LogP contribution in [-0.2, 0) is 4.79 Å². The SMILES string of the molecule is CC(C)NC1(C(N)=O)CCCC1CCSC(C)CCO. The average Bonchev–Trinajstić information content (AvgIpc) is 2.73. The number of aliphatic hydroxyl groups is 1. The molecule has 0 aromatic heterocycles. The third-order valence-electron chi connectivity index (χ3n) is 4.21. The molecule has 20 heavy (non-hydrogen) atoms. The zero-order chi connectivity index (χ0) is 15.2. The fourth-order valence-electron chi connectivity index (χ4n) is 3.25. The highest BCUT2D eigenvalue weighted by Gasteiger charge is 2.47. The second-order valence-corrected chi connectivity index (χ2v) is 7.75. The minimum atomic E-state index is -0.505. The van der Waals surface area contributed by atoms with Crippen LogP contribution in [0.4, 0.5) is 0 Å². The predicted molar refractivity (Wildman–Crippen MR) is 85.8 cm³/mol. The van der Waals surface area contributed by atoms with E-state index in [1.807, 2.05) is 11.8 Å². The maximum absolute atomic E-state index is 12.0. The first-order chi connectivity index (χ1) is 9.42. The molecule has 1 rings (SSSR count). The monoisotopic (exact) mass is 302 g/mol. The second-order valence-electron chi connectivity index (χ2n) is 6.21. The summed E-state index contributed by atoms with van der Waals surface area (Å²) in [4.78, 5) is 12.0. The van der Waals surface area contributed by atoms with E-state index in [2.05, 4.69) is 26.1 Å². The summed E-state index contributed by atoms with van der Waals surface area (Å²) in [5.41, 5.74) is 5.20. The van der Waals surface area contributed by atoms with Gasteiger partial charge in [-0.3, -0.25) is 4.79 Å². The highest BCUT2D eigenvalue weighted by molar-refractivity contribution is 7.99. The molecule has 0 radical (unpaired) electrons. The lowest BCUT2D eigenvalue weighted by molar-refractivity contribution is -0.126. The van der Waals surface area contributed by atoms with E-state index < -0.39 is 5.54 Å². The zero-order valence-electron chi connectivity index (χ0n) is 13.0. The van der Waals surface area contributed by atoms with E-state index in [1.165, 1.54) is 0 Å². The number of amides is 1. The first-order valence-corrected chi connectivity index (χ1v) is 8.77. The molecule has 0 aromatic rings. The van der Waals surface area contributed by atoms with Gasteiger partial charge in [-0.25, -0.2) is 0 Å². The van der Waals surface area contributed by atoms with Gasteiger partial charge in [0.1, 0.15) is 5.54 Å². The van der Waals surface area contributed by atoms with E-state index in [0.29, 0.717) is 11.2 Å². The van der Waals surface area contributed by atoms with E-state index in [0.717, 1.165) is 37.9 Å².